The summed E-state index contributed by atoms with van der Waals surface area (Å²) < 4.78 is 23.2. The molecule has 0 spiro atoms. The van der Waals surface area contributed by atoms with Gasteiger partial charge in [-0.2, -0.15) is 0 Å². The SMILES string of the molecule is O=S1(=O)CCc2[nH]c3ccc(Cl)cc3c2C1. The zero-order valence-electron chi connectivity index (χ0n) is 8.46. The fraction of sp³-hybridized carbons (Fsp3) is 0.273. The van der Waals surface area contributed by atoms with Gasteiger partial charge in [0.25, 0.3) is 0 Å². The Bertz CT molecular complexity index is 673. The van der Waals surface area contributed by atoms with Crippen LogP contribution in [0.15, 0.2) is 18.2 Å². The lowest BCUT2D eigenvalue weighted by Gasteiger charge is -2.11. The number of aromatic amines is 1. The van der Waals surface area contributed by atoms with Crippen LogP contribution >= 0.6 is 11.6 Å². The van der Waals surface area contributed by atoms with E-state index in [9.17, 15) is 8.42 Å². The maximum atomic E-state index is 11.6. The summed E-state index contributed by atoms with van der Waals surface area (Å²) in [5, 5.41) is 1.57. The largest absolute Gasteiger partial charge is 0.358 e. The van der Waals surface area contributed by atoms with Crippen molar-refractivity contribution in [1.29, 1.82) is 0 Å². The van der Waals surface area contributed by atoms with Gasteiger partial charge in [0.15, 0.2) is 9.84 Å². The van der Waals surface area contributed by atoms with Crippen LogP contribution in [-0.2, 0) is 22.0 Å². The van der Waals surface area contributed by atoms with Crippen LogP contribution in [0.5, 0.6) is 0 Å². The lowest BCUT2D eigenvalue weighted by Crippen LogP contribution is -2.18. The predicted octanol–water partition coefficient (Wildman–Crippen LogP) is 2.29. The molecule has 5 heteroatoms. The van der Waals surface area contributed by atoms with Gasteiger partial charge in [0.1, 0.15) is 0 Å². The normalized spacial score (nSPS) is 18.6. The second-order valence-electron chi connectivity index (χ2n) is 4.11. The van der Waals surface area contributed by atoms with Crippen molar-refractivity contribution in [2.45, 2.75) is 12.2 Å². The molecule has 84 valence electrons. The summed E-state index contributed by atoms with van der Waals surface area (Å²) in [6.45, 7) is 0. The summed E-state index contributed by atoms with van der Waals surface area (Å²) in [6, 6.07) is 5.52. The maximum absolute atomic E-state index is 11.6. The number of benzene rings is 1. The fourth-order valence-corrected chi connectivity index (χ4v) is 3.80. The Morgan fingerprint density at radius 1 is 1.31 bits per heavy atom. The molecule has 0 aliphatic carbocycles. The van der Waals surface area contributed by atoms with Crippen LogP contribution in [0.25, 0.3) is 10.9 Å². The summed E-state index contributed by atoms with van der Waals surface area (Å²) in [5.41, 5.74) is 2.89. The van der Waals surface area contributed by atoms with Crippen LogP contribution in [0.2, 0.25) is 5.02 Å². The maximum Gasteiger partial charge on any atom is 0.154 e. The smallest absolute Gasteiger partial charge is 0.154 e. The molecule has 0 bridgehead atoms. The number of nitrogens with one attached hydrogen (secondary N) is 1. The molecule has 2 aromatic rings. The topological polar surface area (TPSA) is 49.9 Å². The number of sulfone groups is 1. The van der Waals surface area contributed by atoms with E-state index in [1.807, 2.05) is 12.1 Å². The molecular weight excluding hydrogens is 246 g/mol. The van der Waals surface area contributed by atoms with Gasteiger partial charge in [0.05, 0.1) is 11.5 Å². The fourth-order valence-electron chi connectivity index (χ4n) is 2.20. The van der Waals surface area contributed by atoms with Gasteiger partial charge in [0.2, 0.25) is 0 Å². The highest BCUT2D eigenvalue weighted by Crippen LogP contribution is 2.30. The van der Waals surface area contributed by atoms with Gasteiger partial charge in [0, 0.05) is 28.0 Å². The molecule has 1 N–H and O–H groups in total. The Hall–Kier alpha value is -1.00. The third kappa shape index (κ3) is 1.53. The summed E-state index contributed by atoms with van der Waals surface area (Å²) in [5.74, 6) is 0.364. The average molecular weight is 256 g/mol. The van der Waals surface area contributed by atoms with Crippen molar-refractivity contribution >= 4 is 32.3 Å². The van der Waals surface area contributed by atoms with Crippen molar-refractivity contribution in [2.24, 2.45) is 0 Å². The highest BCUT2D eigenvalue weighted by molar-refractivity contribution is 7.90. The minimum Gasteiger partial charge on any atom is -0.358 e. The van der Waals surface area contributed by atoms with Gasteiger partial charge in [-0.3, -0.25) is 0 Å². The Labute approximate surface area is 98.3 Å². The van der Waals surface area contributed by atoms with Crippen LogP contribution in [0, 0.1) is 0 Å². The van der Waals surface area contributed by atoms with Gasteiger partial charge < -0.3 is 4.98 Å². The summed E-state index contributed by atoms with van der Waals surface area (Å²) in [4.78, 5) is 3.26. The molecule has 1 aromatic heterocycles. The number of hydrogen-bond acceptors (Lipinski definition) is 2. The van der Waals surface area contributed by atoms with Gasteiger partial charge in [-0.25, -0.2) is 8.42 Å². The van der Waals surface area contributed by atoms with E-state index in [1.165, 1.54) is 0 Å². The number of aryl methyl sites for hydroxylation is 1. The van der Waals surface area contributed by atoms with Crippen LogP contribution in [-0.4, -0.2) is 19.2 Å². The first-order valence-electron chi connectivity index (χ1n) is 5.04. The van der Waals surface area contributed by atoms with E-state index in [0.29, 0.717) is 11.4 Å². The third-order valence-corrected chi connectivity index (χ3v) is 4.77. The number of H-pyrrole nitrogens is 1. The standard InChI is InChI=1S/C11H10ClNO2S/c12-7-1-2-10-8(5-7)9-6-16(14,15)4-3-11(9)13-10/h1-2,5,13H,3-4,6H2. The van der Waals surface area contributed by atoms with E-state index in [-0.39, 0.29) is 11.5 Å². The van der Waals surface area contributed by atoms with Crippen molar-refractivity contribution in [3.63, 3.8) is 0 Å². The van der Waals surface area contributed by atoms with Gasteiger partial charge in [-0.15, -0.1) is 0 Å². The molecule has 1 aliphatic heterocycles. The van der Waals surface area contributed by atoms with E-state index < -0.39 is 9.84 Å². The molecule has 0 radical (unpaired) electrons. The Morgan fingerprint density at radius 2 is 2.12 bits per heavy atom. The van der Waals surface area contributed by atoms with Crippen molar-refractivity contribution in [3.05, 3.63) is 34.5 Å². The lowest BCUT2D eigenvalue weighted by molar-refractivity contribution is 0.591. The molecule has 1 aromatic carbocycles. The minimum absolute atomic E-state index is 0.128. The van der Waals surface area contributed by atoms with E-state index in [0.717, 1.165) is 22.2 Å². The summed E-state index contributed by atoms with van der Waals surface area (Å²) in [6.07, 6.45) is 0.573. The van der Waals surface area contributed by atoms with Crippen molar-refractivity contribution in [2.75, 3.05) is 5.75 Å². The Balaban J connectivity index is 2.31. The average Bonchev–Trinajstić information content (AvgIpc) is 2.55. The first-order chi connectivity index (χ1) is 7.55. The highest BCUT2D eigenvalue weighted by Gasteiger charge is 2.24. The molecule has 0 fully saturated rings. The van der Waals surface area contributed by atoms with Gasteiger partial charge >= 0.3 is 0 Å². The van der Waals surface area contributed by atoms with Crippen LogP contribution in [0.3, 0.4) is 0 Å². The quantitative estimate of drug-likeness (QED) is 0.785. The zero-order valence-corrected chi connectivity index (χ0v) is 10.0. The van der Waals surface area contributed by atoms with E-state index in [4.69, 9.17) is 11.6 Å². The van der Waals surface area contributed by atoms with Gasteiger partial charge in [-0.1, -0.05) is 11.6 Å². The minimum atomic E-state index is -2.93. The molecule has 0 unspecified atom stereocenters. The number of halogens is 1. The third-order valence-electron chi connectivity index (χ3n) is 2.98. The number of fused-ring (bicyclic) bond motifs is 3. The molecule has 3 rings (SSSR count). The first-order valence-corrected chi connectivity index (χ1v) is 7.24. The summed E-state index contributed by atoms with van der Waals surface area (Å²) >= 11 is 5.93. The predicted molar refractivity (Wildman–Crippen MR) is 64.5 cm³/mol. The zero-order chi connectivity index (χ0) is 11.3. The molecule has 0 amide bonds. The molecule has 3 nitrogen and oxygen atoms in total. The molecule has 2 heterocycles. The molecular formula is C11H10ClNO2S. The second-order valence-corrected chi connectivity index (χ2v) is 6.73. The number of rotatable bonds is 0. The van der Waals surface area contributed by atoms with Crippen molar-refractivity contribution < 1.29 is 8.42 Å². The Kier molecular flexibility index (Phi) is 2.06. The number of aromatic nitrogens is 1. The molecule has 0 saturated heterocycles. The molecule has 16 heavy (non-hydrogen) atoms. The lowest BCUT2D eigenvalue weighted by atomic mass is 10.1. The van der Waals surface area contributed by atoms with Crippen molar-refractivity contribution in [1.82, 2.24) is 4.98 Å². The van der Waals surface area contributed by atoms with E-state index in [2.05, 4.69) is 4.98 Å². The molecule has 0 saturated carbocycles. The first kappa shape index (κ1) is 10.2. The molecule has 0 atom stereocenters. The molecule has 1 aliphatic rings. The van der Waals surface area contributed by atoms with Crippen LogP contribution in [0.4, 0.5) is 0 Å². The van der Waals surface area contributed by atoms with Crippen LogP contribution in [0.1, 0.15) is 11.3 Å². The van der Waals surface area contributed by atoms with Gasteiger partial charge in [-0.05, 0) is 23.8 Å². The van der Waals surface area contributed by atoms with E-state index in [1.54, 1.807) is 6.07 Å². The van der Waals surface area contributed by atoms with E-state index >= 15 is 0 Å². The van der Waals surface area contributed by atoms with Crippen LogP contribution < -0.4 is 0 Å². The summed E-state index contributed by atoms with van der Waals surface area (Å²) in [7, 11) is -2.93. The van der Waals surface area contributed by atoms with Crippen molar-refractivity contribution in [3.8, 4) is 0 Å². The number of hydrogen-bond donors (Lipinski definition) is 1. The highest BCUT2D eigenvalue weighted by atomic mass is 35.5. The second kappa shape index (κ2) is 3.25. The Morgan fingerprint density at radius 3 is 2.94 bits per heavy atom. The monoisotopic (exact) mass is 255 g/mol.